The summed E-state index contributed by atoms with van der Waals surface area (Å²) in [6, 6.07) is 0. The Kier molecular flexibility index (Phi) is 6.90. The third-order valence-electron chi connectivity index (χ3n) is 0.757. The van der Waals surface area contributed by atoms with Crippen molar-refractivity contribution >= 4 is 0 Å². The summed E-state index contributed by atoms with van der Waals surface area (Å²) in [5.41, 5.74) is 0. The molecule has 0 aromatic rings. The first kappa shape index (κ1) is 8.82. The van der Waals surface area contributed by atoms with Gasteiger partial charge >= 0.3 is 0 Å². The fourth-order valence-corrected chi connectivity index (χ4v) is 0.357. The number of rotatable bonds is 2. The molecule has 0 aliphatic carbocycles. The van der Waals surface area contributed by atoms with E-state index >= 15 is 0 Å². The van der Waals surface area contributed by atoms with E-state index in [0.29, 0.717) is 6.42 Å². The highest BCUT2D eigenvalue weighted by molar-refractivity contribution is 5.29. The van der Waals surface area contributed by atoms with Gasteiger partial charge in [-0.05, 0) is 31.3 Å². The molecule has 52 valence electrons. The minimum atomic E-state index is 0.178. The molecule has 1 heteroatoms. The third-order valence-corrected chi connectivity index (χ3v) is 0.757. The van der Waals surface area contributed by atoms with Crippen LogP contribution in [0, 0.1) is 23.7 Å². The van der Waals surface area contributed by atoms with Crippen molar-refractivity contribution in [3.8, 4) is 23.7 Å². The van der Waals surface area contributed by atoms with Gasteiger partial charge in [-0.15, -0.1) is 0 Å². The maximum atomic E-state index is 8.34. The Morgan fingerprint density at radius 1 is 1.40 bits per heavy atom. The summed E-state index contributed by atoms with van der Waals surface area (Å²) in [5.74, 6) is 10.6. The van der Waals surface area contributed by atoms with Crippen molar-refractivity contribution in [1.82, 2.24) is 0 Å². The van der Waals surface area contributed by atoms with E-state index in [1.165, 1.54) is 0 Å². The Morgan fingerprint density at radius 2 is 2.20 bits per heavy atom. The molecule has 0 aliphatic rings. The lowest BCUT2D eigenvalue weighted by atomic mass is 10.4. The largest absolute Gasteiger partial charge is 0.396 e. The van der Waals surface area contributed by atoms with Gasteiger partial charge in [-0.2, -0.15) is 0 Å². The summed E-state index contributed by atoms with van der Waals surface area (Å²) in [6.45, 7) is 1.92. The molecule has 0 atom stereocenters. The van der Waals surface area contributed by atoms with Crippen LogP contribution in [0.4, 0.5) is 0 Å². The van der Waals surface area contributed by atoms with Crippen LogP contribution in [-0.2, 0) is 0 Å². The molecule has 0 rings (SSSR count). The van der Waals surface area contributed by atoms with Crippen LogP contribution in [0.1, 0.15) is 13.3 Å². The van der Waals surface area contributed by atoms with Crippen molar-refractivity contribution in [2.75, 3.05) is 6.61 Å². The Hall–Kier alpha value is -1.18. The van der Waals surface area contributed by atoms with E-state index in [2.05, 4.69) is 23.7 Å². The van der Waals surface area contributed by atoms with Crippen molar-refractivity contribution in [3.63, 3.8) is 0 Å². The molecule has 0 aromatic carbocycles. The number of hydrogen-bond donors (Lipinski definition) is 1. The first-order valence-corrected chi connectivity index (χ1v) is 3.10. The summed E-state index contributed by atoms with van der Waals surface area (Å²) in [4.78, 5) is 0. The molecule has 0 fully saturated rings. The summed E-state index contributed by atoms with van der Waals surface area (Å²) < 4.78 is 0. The van der Waals surface area contributed by atoms with Crippen LogP contribution >= 0.6 is 0 Å². The average Bonchev–Trinajstić information content (AvgIpc) is 1.97. The predicted octanol–water partition coefficient (Wildman–Crippen LogP) is 0.952. The predicted molar refractivity (Wildman–Crippen MR) is 42.1 cm³/mol. The fraction of sp³-hybridized carbons (Fsp3) is 0.333. The zero-order valence-corrected chi connectivity index (χ0v) is 6.02. The Morgan fingerprint density at radius 3 is 2.80 bits per heavy atom. The normalized spacial score (nSPS) is 7.80. The maximum Gasteiger partial charge on any atom is 0.0465 e. The van der Waals surface area contributed by atoms with Crippen LogP contribution in [-0.4, -0.2) is 11.7 Å². The molecule has 0 aromatic heterocycles. The molecule has 1 nitrogen and oxygen atoms in total. The number of aliphatic hydroxyl groups excluding tert-OH is 1. The second kappa shape index (κ2) is 7.82. The molecule has 0 bridgehead atoms. The van der Waals surface area contributed by atoms with Crippen molar-refractivity contribution < 1.29 is 5.11 Å². The van der Waals surface area contributed by atoms with Crippen molar-refractivity contribution in [2.45, 2.75) is 13.3 Å². The smallest absolute Gasteiger partial charge is 0.0465 e. The molecule has 0 saturated carbocycles. The van der Waals surface area contributed by atoms with Gasteiger partial charge in [0, 0.05) is 6.61 Å². The van der Waals surface area contributed by atoms with Crippen LogP contribution in [0.2, 0.25) is 0 Å². The van der Waals surface area contributed by atoms with E-state index in [9.17, 15) is 0 Å². The van der Waals surface area contributed by atoms with E-state index in [-0.39, 0.29) is 6.61 Å². The molecule has 0 heterocycles. The van der Waals surface area contributed by atoms with Crippen LogP contribution in [0.5, 0.6) is 0 Å². The maximum absolute atomic E-state index is 8.34. The zero-order chi connectivity index (χ0) is 7.66. The summed E-state index contributed by atoms with van der Waals surface area (Å²) in [7, 11) is 0. The average molecular weight is 134 g/mol. The highest BCUT2D eigenvalue weighted by Crippen LogP contribution is 1.77. The highest BCUT2D eigenvalue weighted by Gasteiger charge is 1.68. The van der Waals surface area contributed by atoms with Gasteiger partial charge in [-0.3, -0.25) is 0 Å². The van der Waals surface area contributed by atoms with Crippen LogP contribution in [0.25, 0.3) is 0 Å². The molecule has 0 unspecified atom stereocenters. The zero-order valence-electron chi connectivity index (χ0n) is 6.02. The van der Waals surface area contributed by atoms with E-state index < -0.39 is 0 Å². The van der Waals surface area contributed by atoms with Crippen LogP contribution in [0.15, 0.2) is 12.2 Å². The van der Waals surface area contributed by atoms with Crippen molar-refractivity contribution in [2.24, 2.45) is 0 Å². The lowest BCUT2D eigenvalue weighted by molar-refractivity contribution is 0.302. The van der Waals surface area contributed by atoms with Gasteiger partial charge < -0.3 is 5.11 Å². The number of hydrogen-bond acceptors (Lipinski definition) is 1. The Balaban J connectivity index is 3.50. The molecule has 0 radical (unpaired) electrons. The number of aliphatic hydroxyl groups is 1. The van der Waals surface area contributed by atoms with Gasteiger partial charge in [0.2, 0.25) is 0 Å². The topological polar surface area (TPSA) is 20.2 Å². The molecular formula is C9H10O. The van der Waals surface area contributed by atoms with Crippen LogP contribution in [0.3, 0.4) is 0 Å². The van der Waals surface area contributed by atoms with Crippen molar-refractivity contribution in [3.05, 3.63) is 12.2 Å². The summed E-state index contributed by atoms with van der Waals surface area (Å²) in [5, 5.41) is 8.34. The van der Waals surface area contributed by atoms with Gasteiger partial charge in [0.1, 0.15) is 0 Å². The minimum Gasteiger partial charge on any atom is -0.396 e. The lowest BCUT2D eigenvalue weighted by Gasteiger charge is -1.76. The van der Waals surface area contributed by atoms with Gasteiger partial charge in [-0.1, -0.05) is 17.9 Å². The van der Waals surface area contributed by atoms with Gasteiger partial charge in [0.15, 0.2) is 0 Å². The van der Waals surface area contributed by atoms with E-state index in [0.717, 1.165) is 0 Å². The quantitative estimate of drug-likeness (QED) is 0.557. The molecule has 0 amide bonds. The van der Waals surface area contributed by atoms with Crippen LogP contribution < -0.4 is 0 Å². The molecule has 0 spiro atoms. The Labute approximate surface area is 61.8 Å². The third kappa shape index (κ3) is 6.82. The van der Waals surface area contributed by atoms with E-state index in [4.69, 9.17) is 5.11 Å². The second-order valence-corrected chi connectivity index (χ2v) is 1.56. The SMILES string of the molecule is CC#CC#CC=CCCO. The molecule has 0 aliphatic heterocycles. The van der Waals surface area contributed by atoms with Gasteiger partial charge in [0.05, 0.1) is 0 Å². The fourth-order valence-electron chi connectivity index (χ4n) is 0.357. The first-order chi connectivity index (χ1) is 4.91. The monoisotopic (exact) mass is 134 g/mol. The molecule has 1 N–H and O–H groups in total. The van der Waals surface area contributed by atoms with Crippen molar-refractivity contribution in [1.29, 1.82) is 0 Å². The highest BCUT2D eigenvalue weighted by atomic mass is 16.2. The van der Waals surface area contributed by atoms with Gasteiger partial charge in [0.25, 0.3) is 0 Å². The van der Waals surface area contributed by atoms with Gasteiger partial charge in [-0.25, -0.2) is 0 Å². The second-order valence-electron chi connectivity index (χ2n) is 1.56. The molecule has 10 heavy (non-hydrogen) atoms. The first-order valence-electron chi connectivity index (χ1n) is 3.10. The molecule has 0 saturated heterocycles. The summed E-state index contributed by atoms with van der Waals surface area (Å²) in [6.07, 6.45) is 4.17. The standard InChI is InChI=1S/C9H10O/c1-2-3-4-5-6-7-8-9-10/h6-7,10H,8-9H2,1H3. The lowest BCUT2D eigenvalue weighted by Crippen LogP contribution is -1.73. The van der Waals surface area contributed by atoms with E-state index in [1.807, 2.05) is 6.08 Å². The van der Waals surface area contributed by atoms with E-state index in [1.54, 1.807) is 13.0 Å². The molecular weight excluding hydrogens is 124 g/mol. The Bertz CT molecular complexity index is 204. The number of allylic oxidation sites excluding steroid dienone is 1. The summed E-state index contributed by atoms with van der Waals surface area (Å²) >= 11 is 0. The minimum absolute atomic E-state index is 0.178.